The van der Waals surface area contributed by atoms with Gasteiger partial charge in [-0.15, -0.1) is 0 Å². The van der Waals surface area contributed by atoms with Gasteiger partial charge in [-0.25, -0.2) is 0 Å². The molecule has 0 heterocycles. The number of unbranched alkanes of at least 4 members (excludes halogenated alkanes) is 3. The Morgan fingerprint density at radius 1 is 0.630 bits per heavy atom. The molecular weight excluding hydrogens is 463 g/mol. The Morgan fingerprint density at radius 3 is 1.48 bits per heavy atom. The second kappa shape index (κ2) is 11.0. The fourth-order valence-corrected chi connectivity index (χ4v) is 43.5. The summed E-state index contributed by atoms with van der Waals surface area (Å²) in [5, 5.41) is 3.35. The second-order valence-corrected chi connectivity index (χ2v) is 30.6. The van der Waals surface area contributed by atoms with Crippen molar-refractivity contribution in [2.24, 2.45) is 0 Å². The maximum absolute atomic E-state index is 2.63. The monoisotopic (exact) mass is 503 g/mol. The van der Waals surface area contributed by atoms with Crippen LogP contribution < -0.4 is 10.4 Å². The van der Waals surface area contributed by atoms with E-state index in [4.69, 9.17) is 0 Å². The summed E-state index contributed by atoms with van der Waals surface area (Å²) >= 11 is -1.42. The Balaban J connectivity index is 2.13. The molecule has 2 rings (SSSR count). The minimum atomic E-state index is -1.42. The molecule has 0 aliphatic heterocycles. The summed E-state index contributed by atoms with van der Waals surface area (Å²) in [5.41, 5.74) is 0. The van der Waals surface area contributed by atoms with Crippen LogP contribution in [-0.2, 0) is 0 Å². The SMILES string of the molecule is CCCCC[CH2][Sn]([CH2][Si](C)(C)c1ccccc1)[CH2][Si](C)(C)c1ccccc1. The Hall–Kier alpha value is -0.328. The molecule has 2 aromatic rings. The van der Waals surface area contributed by atoms with Crippen LogP contribution in [0.2, 0.25) is 38.7 Å². The van der Waals surface area contributed by atoms with Crippen molar-refractivity contribution in [3.8, 4) is 0 Å². The van der Waals surface area contributed by atoms with E-state index in [1.807, 2.05) is 0 Å². The number of hydrogen-bond acceptors (Lipinski definition) is 0. The van der Waals surface area contributed by atoms with Crippen molar-refractivity contribution in [2.45, 2.75) is 71.4 Å². The molecular formula is C24H39Si2Sn. The predicted molar refractivity (Wildman–Crippen MR) is 131 cm³/mol. The van der Waals surface area contributed by atoms with Gasteiger partial charge in [0, 0.05) is 0 Å². The van der Waals surface area contributed by atoms with Gasteiger partial charge in [0.25, 0.3) is 0 Å². The van der Waals surface area contributed by atoms with Crippen LogP contribution in [0.3, 0.4) is 0 Å². The van der Waals surface area contributed by atoms with Crippen LogP contribution in [0, 0.1) is 0 Å². The average molecular weight is 502 g/mol. The summed E-state index contributed by atoms with van der Waals surface area (Å²) in [7, 11) is -2.60. The standard InChI is InChI=1S/2C9H13Si.C6H13.Sn/c2*1-10(2,3)9-7-5-4-6-8-9;1-3-5-6-4-2;/h2*4-8H,1H2,2-3H3;1,3-6H2,2H3;. The van der Waals surface area contributed by atoms with Crippen LogP contribution in [0.1, 0.15) is 32.6 Å². The van der Waals surface area contributed by atoms with Gasteiger partial charge in [-0.2, -0.15) is 0 Å². The van der Waals surface area contributed by atoms with E-state index in [0.29, 0.717) is 0 Å². The summed E-state index contributed by atoms with van der Waals surface area (Å²) in [5.74, 6) is 0. The van der Waals surface area contributed by atoms with Crippen molar-refractivity contribution in [2.75, 3.05) is 0 Å². The van der Waals surface area contributed by atoms with Gasteiger partial charge in [0.15, 0.2) is 0 Å². The topological polar surface area (TPSA) is 0 Å². The molecule has 0 atom stereocenters. The molecule has 0 spiro atoms. The van der Waals surface area contributed by atoms with E-state index >= 15 is 0 Å². The molecule has 0 fully saturated rings. The first-order valence-electron chi connectivity index (χ1n) is 10.8. The van der Waals surface area contributed by atoms with Crippen LogP contribution in [0.4, 0.5) is 0 Å². The fourth-order valence-electron chi connectivity index (χ4n) is 4.27. The first-order valence-corrected chi connectivity index (χ1v) is 23.3. The van der Waals surface area contributed by atoms with E-state index in [0.717, 1.165) is 0 Å². The quantitative estimate of drug-likeness (QED) is 0.248. The molecule has 0 saturated carbocycles. The first-order chi connectivity index (χ1) is 12.8. The van der Waals surface area contributed by atoms with E-state index in [2.05, 4.69) is 93.8 Å². The van der Waals surface area contributed by atoms with E-state index in [1.165, 1.54) is 25.7 Å². The van der Waals surface area contributed by atoms with Gasteiger partial charge in [0.05, 0.1) is 0 Å². The Kier molecular flexibility index (Phi) is 9.36. The van der Waals surface area contributed by atoms with Crippen molar-refractivity contribution in [1.29, 1.82) is 0 Å². The molecule has 0 bridgehead atoms. The van der Waals surface area contributed by atoms with Crippen molar-refractivity contribution in [1.82, 2.24) is 0 Å². The van der Waals surface area contributed by atoms with Crippen LogP contribution in [0.25, 0.3) is 0 Å². The van der Waals surface area contributed by atoms with E-state index in [9.17, 15) is 0 Å². The molecule has 2 aromatic carbocycles. The summed E-state index contributed by atoms with van der Waals surface area (Å²) < 4.78 is 4.89. The molecule has 0 nitrogen and oxygen atoms in total. The molecule has 3 heteroatoms. The number of benzene rings is 2. The average Bonchev–Trinajstić information content (AvgIpc) is 2.66. The molecule has 27 heavy (non-hydrogen) atoms. The van der Waals surface area contributed by atoms with Crippen LogP contribution in [0.15, 0.2) is 60.7 Å². The molecule has 0 aliphatic rings. The third-order valence-corrected chi connectivity index (χ3v) is 39.2. The van der Waals surface area contributed by atoms with Gasteiger partial charge in [-0.3, -0.25) is 0 Å². The van der Waals surface area contributed by atoms with Gasteiger partial charge in [-0.1, -0.05) is 0 Å². The van der Waals surface area contributed by atoms with Gasteiger partial charge < -0.3 is 0 Å². The third kappa shape index (κ3) is 7.54. The van der Waals surface area contributed by atoms with Crippen LogP contribution >= 0.6 is 0 Å². The first kappa shape index (κ1) is 23.0. The summed E-state index contributed by atoms with van der Waals surface area (Å²) in [6, 6.07) is 23.0. The predicted octanol–water partition coefficient (Wildman–Crippen LogP) is 6.37. The zero-order valence-corrected chi connectivity index (χ0v) is 23.1. The molecule has 1 radical (unpaired) electrons. The zero-order valence-electron chi connectivity index (χ0n) is 18.2. The van der Waals surface area contributed by atoms with Crippen molar-refractivity contribution >= 4 is 46.3 Å². The van der Waals surface area contributed by atoms with E-state index < -0.39 is 35.9 Å². The Morgan fingerprint density at radius 2 is 1.07 bits per heavy atom. The molecule has 0 unspecified atom stereocenters. The van der Waals surface area contributed by atoms with Crippen LogP contribution in [-0.4, -0.2) is 35.9 Å². The number of rotatable bonds is 11. The van der Waals surface area contributed by atoms with Crippen molar-refractivity contribution in [3.63, 3.8) is 0 Å². The molecule has 147 valence electrons. The maximum atomic E-state index is 2.63. The van der Waals surface area contributed by atoms with Gasteiger partial charge in [0.1, 0.15) is 0 Å². The molecule has 0 aliphatic carbocycles. The normalized spacial score (nSPS) is 12.5. The van der Waals surface area contributed by atoms with Gasteiger partial charge >= 0.3 is 178 Å². The summed E-state index contributed by atoms with van der Waals surface area (Å²) in [4.78, 5) is 0. The Labute approximate surface area is 177 Å². The van der Waals surface area contributed by atoms with Crippen molar-refractivity contribution in [3.05, 3.63) is 60.7 Å². The molecule has 0 amide bonds. The minimum absolute atomic E-state index is 1.30. The number of hydrogen-bond donors (Lipinski definition) is 0. The summed E-state index contributed by atoms with van der Waals surface area (Å²) in [6.45, 7) is 12.9. The fraction of sp³-hybridized carbons (Fsp3) is 0.500. The zero-order chi connectivity index (χ0) is 19.8. The van der Waals surface area contributed by atoms with Gasteiger partial charge in [0.2, 0.25) is 0 Å². The summed E-state index contributed by atoms with van der Waals surface area (Å²) in [6.07, 6.45) is 5.74. The third-order valence-electron chi connectivity index (χ3n) is 5.88. The van der Waals surface area contributed by atoms with Gasteiger partial charge in [-0.05, 0) is 0 Å². The molecule has 0 aromatic heterocycles. The molecule has 0 saturated heterocycles. The Bertz CT molecular complexity index is 599. The van der Waals surface area contributed by atoms with Crippen LogP contribution in [0.5, 0.6) is 0 Å². The van der Waals surface area contributed by atoms with Crippen molar-refractivity contribution < 1.29 is 0 Å². The molecule has 0 N–H and O–H groups in total. The van der Waals surface area contributed by atoms with E-state index in [1.54, 1.807) is 22.9 Å². The second-order valence-electron chi connectivity index (χ2n) is 9.41. The van der Waals surface area contributed by atoms with E-state index in [-0.39, 0.29) is 0 Å².